The third-order valence-electron chi connectivity index (χ3n) is 4.85. The molecule has 1 atom stereocenters. The summed E-state index contributed by atoms with van der Waals surface area (Å²) in [5.41, 5.74) is 1.81. The van der Waals surface area contributed by atoms with E-state index in [2.05, 4.69) is 10.1 Å². The van der Waals surface area contributed by atoms with Crippen molar-refractivity contribution in [1.82, 2.24) is 15.0 Å². The van der Waals surface area contributed by atoms with Gasteiger partial charge in [0.05, 0.1) is 14.2 Å². The molecule has 0 saturated carbocycles. The highest BCUT2D eigenvalue weighted by molar-refractivity contribution is 5.79. The van der Waals surface area contributed by atoms with Crippen LogP contribution < -0.4 is 9.47 Å². The van der Waals surface area contributed by atoms with Gasteiger partial charge in [-0.2, -0.15) is 4.98 Å². The molecule has 2 heterocycles. The SMILES string of the molecule is COc1cccc(CN2CC(c3noc(-c4cccc(OC)c4)n3)CC2=O)c1. The minimum atomic E-state index is -0.0822. The number of benzene rings is 2. The van der Waals surface area contributed by atoms with E-state index >= 15 is 0 Å². The van der Waals surface area contributed by atoms with Crippen molar-refractivity contribution in [3.63, 3.8) is 0 Å². The van der Waals surface area contributed by atoms with Crippen molar-refractivity contribution in [2.75, 3.05) is 20.8 Å². The van der Waals surface area contributed by atoms with Crippen LogP contribution in [0, 0.1) is 0 Å². The van der Waals surface area contributed by atoms with E-state index in [-0.39, 0.29) is 11.8 Å². The van der Waals surface area contributed by atoms with E-state index in [1.165, 1.54) is 0 Å². The van der Waals surface area contributed by atoms with Gasteiger partial charge in [0.1, 0.15) is 11.5 Å². The molecule has 1 fully saturated rings. The quantitative estimate of drug-likeness (QED) is 0.654. The summed E-state index contributed by atoms with van der Waals surface area (Å²) in [7, 11) is 3.24. The lowest BCUT2D eigenvalue weighted by molar-refractivity contribution is -0.128. The highest BCUT2D eigenvalue weighted by Gasteiger charge is 2.33. The predicted molar refractivity (Wildman–Crippen MR) is 102 cm³/mol. The van der Waals surface area contributed by atoms with Crippen molar-refractivity contribution in [1.29, 1.82) is 0 Å². The zero-order chi connectivity index (χ0) is 19.5. The summed E-state index contributed by atoms with van der Waals surface area (Å²) in [4.78, 5) is 18.8. The van der Waals surface area contributed by atoms with Crippen molar-refractivity contribution in [2.45, 2.75) is 18.9 Å². The number of hydrogen-bond donors (Lipinski definition) is 0. The van der Waals surface area contributed by atoms with Gasteiger partial charge in [-0.05, 0) is 35.9 Å². The van der Waals surface area contributed by atoms with Crippen LogP contribution in [0.25, 0.3) is 11.5 Å². The van der Waals surface area contributed by atoms with Gasteiger partial charge in [-0.1, -0.05) is 23.4 Å². The minimum Gasteiger partial charge on any atom is -0.497 e. The van der Waals surface area contributed by atoms with Gasteiger partial charge in [-0.25, -0.2) is 0 Å². The second-order valence-corrected chi connectivity index (χ2v) is 6.72. The van der Waals surface area contributed by atoms with Crippen LogP contribution in [0.3, 0.4) is 0 Å². The zero-order valence-corrected chi connectivity index (χ0v) is 15.8. The third-order valence-corrected chi connectivity index (χ3v) is 4.85. The van der Waals surface area contributed by atoms with Crippen LogP contribution in [0.4, 0.5) is 0 Å². The monoisotopic (exact) mass is 379 g/mol. The summed E-state index contributed by atoms with van der Waals surface area (Å²) in [6.45, 7) is 1.10. The molecule has 3 aromatic rings. The molecule has 1 aliphatic rings. The Bertz CT molecular complexity index is 985. The Labute approximate surface area is 162 Å². The van der Waals surface area contributed by atoms with E-state index < -0.39 is 0 Å². The van der Waals surface area contributed by atoms with E-state index in [0.29, 0.717) is 31.2 Å². The van der Waals surface area contributed by atoms with Crippen LogP contribution in [0.1, 0.15) is 23.7 Å². The molecule has 0 spiro atoms. The molecule has 28 heavy (non-hydrogen) atoms. The summed E-state index contributed by atoms with van der Waals surface area (Å²) in [6, 6.07) is 15.2. The van der Waals surface area contributed by atoms with Gasteiger partial charge in [-0.15, -0.1) is 0 Å². The molecule has 1 aromatic heterocycles. The standard InChI is InChI=1S/C21H21N3O4/c1-26-17-7-3-5-14(9-17)12-24-13-16(11-19(24)25)20-22-21(28-23-20)15-6-4-8-18(10-15)27-2/h3-10,16H,11-13H2,1-2H3. The van der Waals surface area contributed by atoms with Gasteiger partial charge in [0.2, 0.25) is 5.91 Å². The topological polar surface area (TPSA) is 77.7 Å². The Balaban J connectivity index is 1.47. The van der Waals surface area contributed by atoms with Crippen LogP contribution in [-0.4, -0.2) is 41.7 Å². The largest absolute Gasteiger partial charge is 0.497 e. The van der Waals surface area contributed by atoms with E-state index in [4.69, 9.17) is 14.0 Å². The number of aromatic nitrogens is 2. The van der Waals surface area contributed by atoms with Gasteiger partial charge < -0.3 is 18.9 Å². The number of hydrogen-bond acceptors (Lipinski definition) is 6. The lowest BCUT2D eigenvalue weighted by Gasteiger charge is -2.16. The molecule has 2 aromatic carbocycles. The molecule has 1 unspecified atom stereocenters. The molecule has 1 saturated heterocycles. The average Bonchev–Trinajstić information content (AvgIpc) is 3.36. The predicted octanol–water partition coefficient (Wildman–Crippen LogP) is 3.27. The third kappa shape index (κ3) is 3.69. The first-order valence-electron chi connectivity index (χ1n) is 9.05. The fourth-order valence-electron chi connectivity index (χ4n) is 3.36. The van der Waals surface area contributed by atoms with Crippen molar-refractivity contribution in [3.8, 4) is 23.0 Å². The Morgan fingerprint density at radius 2 is 1.86 bits per heavy atom. The van der Waals surface area contributed by atoms with Gasteiger partial charge in [0.15, 0.2) is 5.82 Å². The second-order valence-electron chi connectivity index (χ2n) is 6.72. The fraction of sp³-hybridized carbons (Fsp3) is 0.286. The fourth-order valence-corrected chi connectivity index (χ4v) is 3.36. The molecule has 1 aliphatic heterocycles. The maximum atomic E-state index is 12.5. The van der Waals surface area contributed by atoms with E-state index in [1.54, 1.807) is 14.2 Å². The lowest BCUT2D eigenvalue weighted by Crippen LogP contribution is -2.24. The highest BCUT2D eigenvalue weighted by atomic mass is 16.5. The van der Waals surface area contributed by atoms with Crippen LogP contribution in [0.2, 0.25) is 0 Å². The zero-order valence-electron chi connectivity index (χ0n) is 15.8. The number of ether oxygens (including phenoxy) is 2. The summed E-state index contributed by atoms with van der Waals surface area (Å²) in [5, 5.41) is 4.11. The number of nitrogens with zero attached hydrogens (tertiary/aromatic N) is 3. The van der Waals surface area contributed by atoms with Crippen molar-refractivity contribution < 1.29 is 18.8 Å². The van der Waals surface area contributed by atoms with Gasteiger partial charge in [0, 0.05) is 31.0 Å². The first kappa shape index (κ1) is 18.0. The molecule has 144 valence electrons. The smallest absolute Gasteiger partial charge is 0.258 e. The first-order valence-corrected chi connectivity index (χ1v) is 9.05. The molecular formula is C21H21N3O4. The van der Waals surface area contributed by atoms with Gasteiger partial charge in [-0.3, -0.25) is 4.79 Å². The normalized spacial score (nSPS) is 16.4. The van der Waals surface area contributed by atoms with Crippen LogP contribution in [0.15, 0.2) is 53.1 Å². The van der Waals surface area contributed by atoms with Crippen LogP contribution >= 0.6 is 0 Å². The van der Waals surface area contributed by atoms with E-state index in [1.807, 2.05) is 53.4 Å². The maximum absolute atomic E-state index is 12.5. The molecule has 0 N–H and O–H groups in total. The number of amides is 1. The Hall–Kier alpha value is -3.35. The Morgan fingerprint density at radius 3 is 2.64 bits per heavy atom. The van der Waals surface area contributed by atoms with Crippen molar-refractivity contribution >= 4 is 5.91 Å². The summed E-state index contributed by atoms with van der Waals surface area (Å²) in [5.74, 6) is 2.48. The van der Waals surface area contributed by atoms with E-state index in [9.17, 15) is 4.79 Å². The molecule has 0 bridgehead atoms. The summed E-state index contributed by atoms with van der Waals surface area (Å²) >= 11 is 0. The average molecular weight is 379 g/mol. The molecule has 0 radical (unpaired) electrons. The van der Waals surface area contributed by atoms with E-state index in [0.717, 1.165) is 22.6 Å². The molecule has 7 nitrogen and oxygen atoms in total. The lowest BCUT2D eigenvalue weighted by atomic mass is 10.1. The van der Waals surface area contributed by atoms with Crippen LogP contribution in [-0.2, 0) is 11.3 Å². The van der Waals surface area contributed by atoms with Crippen molar-refractivity contribution in [2.24, 2.45) is 0 Å². The summed E-state index contributed by atoms with van der Waals surface area (Å²) in [6.07, 6.45) is 0.376. The Morgan fingerprint density at radius 1 is 1.11 bits per heavy atom. The molecule has 4 rings (SSSR count). The minimum absolute atomic E-state index is 0.0822. The molecular weight excluding hydrogens is 358 g/mol. The van der Waals surface area contributed by atoms with Crippen LogP contribution in [0.5, 0.6) is 11.5 Å². The highest BCUT2D eigenvalue weighted by Crippen LogP contribution is 2.30. The number of methoxy groups -OCH3 is 2. The number of rotatable bonds is 6. The maximum Gasteiger partial charge on any atom is 0.258 e. The number of likely N-dealkylation sites (tertiary alicyclic amines) is 1. The number of carbonyl (C=O) groups is 1. The first-order chi connectivity index (χ1) is 13.7. The number of carbonyl (C=O) groups excluding carboxylic acids is 1. The van der Waals surface area contributed by atoms with Gasteiger partial charge in [0.25, 0.3) is 5.89 Å². The van der Waals surface area contributed by atoms with Gasteiger partial charge >= 0.3 is 0 Å². The molecule has 0 aliphatic carbocycles. The second kappa shape index (κ2) is 7.72. The summed E-state index contributed by atoms with van der Waals surface area (Å²) < 4.78 is 15.9. The van der Waals surface area contributed by atoms with Crippen molar-refractivity contribution in [3.05, 3.63) is 59.9 Å². The molecule has 7 heteroatoms. The Kier molecular flexibility index (Phi) is 4.97. The molecule has 1 amide bonds.